The number of para-hydroxylation sites is 2. The standard InChI is InChI=1S/C21H22N2O5/c1-13-19-16(25)11-14(24)12-18(19)28-21(26)20(13)23-9-7-22(8-10-23)15-5-3-4-6-17(15)27-2/h3-6,11-12,24-25H,7-10H2,1-2H3. The molecule has 7 heteroatoms. The minimum absolute atomic E-state index is 0.106. The lowest BCUT2D eigenvalue weighted by atomic mass is 10.1. The van der Waals surface area contributed by atoms with Gasteiger partial charge in [-0.2, -0.15) is 0 Å². The van der Waals surface area contributed by atoms with E-state index in [1.807, 2.05) is 29.2 Å². The van der Waals surface area contributed by atoms with Crippen molar-refractivity contribution in [2.24, 2.45) is 0 Å². The number of hydrogen-bond acceptors (Lipinski definition) is 7. The zero-order chi connectivity index (χ0) is 19.8. The Hall–Kier alpha value is -3.35. The molecule has 0 atom stereocenters. The number of fused-ring (bicyclic) bond motifs is 1. The van der Waals surface area contributed by atoms with Crippen molar-refractivity contribution < 1.29 is 19.4 Å². The molecule has 28 heavy (non-hydrogen) atoms. The van der Waals surface area contributed by atoms with Gasteiger partial charge in [-0.1, -0.05) is 12.1 Å². The number of nitrogens with zero attached hydrogens (tertiary/aromatic N) is 2. The monoisotopic (exact) mass is 382 g/mol. The predicted molar refractivity (Wildman–Crippen MR) is 108 cm³/mol. The summed E-state index contributed by atoms with van der Waals surface area (Å²) in [6.07, 6.45) is 0. The number of ether oxygens (including phenoxy) is 1. The van der Waals surface area contributed by atoms with Gasteiger partial charge in [0.05, 0.1) is 18.2 Å². The van der Waals surface area contributed by atoms with Gasteiger partial charge in [0.25, 0.3) is 0 Å². The van der Waals surface area contributed by atoms with Gasteiger partial charge < -0.3 is 29.2 Å². The van der Waals surface area contributed by atoms with Crippen LogP contribution in [-0.4, -0.2) is 43.5 Å². The smallest absolute Gasteiger partial charge is 0.360 e. The first-order valence-corrected chi connectivity index (χ1v) is 9.12. The number of aryl methyl sites for hydroxylation is 1. The van der Waals surface area contributed by atoms with Gasteiger partial charge in [0.15, 0.2) is 0 Å². The van der Waals surface area contributed by atoms with Gasteiger partial charge in [0, 0.05) is 38.3 Å². The average Bonchev–Trinajstić information content (AvgIpc) is 2.67. The lowest BCUT2D eigenvalue weighted by Gasteiger charge is -2.37. The van der Waals surface area contributed by atoms with Crippen molar-refractivity contribution in [1.82, 2.24) is 0 Å². The summed E-state index contributed by atoms with van der Waals surface area (Å²) >= 11 is 0. The highest BCUT2D eigenvalue weighted by Gasteiger charge is 2.25. The van der Waals surface area contributed by atoms with Crippen LogP contribution in [0.25, 0.3) is 11.0 Å². The lowest BCUT2D eigenvalue weighted by Crippen LogP contribution is -2.48. The number of aromatic hydroxyl groups is 2. The van der Waals surface area contributed by atoms with Crippen molar-refractivity contribution >= 4 is 22.3 Å². The molecule has 0 spiro atoms. The van der Waals surface area contributed by atoms with E-state index in [0.29, 0.717) is 29.7 Å². The molecule has 2 aromatic carbocycles. The maximum atomic E-state index is 12.6. The summed E-state index contributed by atoms with van der Waals surface area (Å²) in [7, 11) is 1.66. The van der Waals surface area contributed by atoms with Crippen LogP contribution in [0.15, 0.2) is 45.6 Å². The van der Waals surface area contributed by atoms with Crippen LogP contribution in [0, 0.1) is 6.92 Å². The molecular formula is C21H22N2O5. The van der Waals surface area contributed by atoms with Crippen LogP contribution in [-0.2, 0) is 0 Å². The number of methoxy groups -OCH3 is 1. The summed E-state index contributed by atoms with van der Waals surface area (Å²) < 4.78 is 10.8. The summed E-state index contributed by atoms with van der Waals surface area (Å²) in [6.45, 7) is 4.50. The molecule has 0 aliphatic carbocycles. The van der Waals surface area contributed by atoms with E-state index in [0.717, 1.165) is 24.5 Å². The molecule has 1 saturated heterocycles. The van der Waals surface area contributed by atoms with Gasteiger partial charge in [0.2, 0.25) is 0 Å². The fourth-order valence-corrected chi connectivity index (χ4v) is 3.89. The van der Waals surface area contributed by atoms with Gasteiger partial charge in [0.1, 0.15) is 28.5 Å². The van der Waals surface area contributed by atoms with Crippen molar-refractivity contribution in [3.63, 3.8) is 0 Å². The molecule has 0 saturated carbocycles. The topological polar surface area (TPSA) is 86.4 Å². The molecule has 1 fully saturated rings. The predicted octanol–water partition coefficient (Wildman–Crippen LogP) is 2.85. The number of anilines is 2. The Morgan fingerprint density at radius 1 is 1.04 bits per heavy atom. The summed E-state index contributed by atoms with van der Waals surface area (Å²) in [6, 6.07) is 10.5. The van der Waals surface area contributed by atoms with E-state index in [-0.39, 0.29) is 17.1 Å². The van der Waals surface area contributed by atoms with Crippen LogP contribution < -0.4 is 20.2 Å². The van der Waals surface area contributed by atoms with Gasteiger partial charge >= 0.3 is 5.63 Å². The Morgan fingerprint density at radius 2 is 1.71 bits per heavy atom. The molecule has 1 aromatic heterocycles. The van der Waals surface area contributed by atoms with Crippen molar-refractivity contribution in [2.45, 2.75) is 6.92 Å². The third kappa shape index (κ3) is 2.98. The molecule has 0 bridgehead atoms. The third-order valence-corrected chi connectivity index (χ3v) is 5.21. The molecule has 7 nitrogen and oxygen atoms in total. The molecule has 0 amide bonds. The Kier molecular flexibility index (Phi) is 4.50. The van der Waals surface area contributed by atoms with E-state index in [9.17, 15) is 15.0 Å². The second kappa shape index (κ2) is 6.99. The minimum Gasteiger partial charge on any atom is -0.508 e. The van der Waals surface area contributed by atoms with Crippen LogP contribution in [0.5, 0.6) is 17.2 Å². The number of piperazine rings is 1. The molecule has 2 N–H and O–H groups in total. The van der Waals surface area contributed by atoms with E-state index in [1.165, 1.54) is 12.1 Å². The molecule has 146 valence electrons. The van der Waals surface area contributed by atoms with Crippen molar-refractivity contribution in [3.8, 4) is 17.2 Å². The van der Waals surface area contributed by atoms with E-state index in [4.69, 9.17) is 9.15 Å². The largest absolute Gasteiger partial charge is 0.508 e. The van der Waals surface area contributed by atoms with Crippen LogP contribution in [0.2, 0.25) is 0 Å². The van der Waals surface area contributed by atoms with Gasteiger partial charge in [-0.25, -0.2) is 4.79 Å². The summed E-state index contributed by atoms with van der Waals surface area (Å²) in [5.74, 6) is 0.568. The van der Waals surface area contributed by atoms with E-state index in [1.54, 1.807) is 14.0 Å². The summed E-state index contributed by atoms with van der Waals surface area (Å²) in [5, 5.41) is 20.3. The highest BCUT2D eigenvalue weighted by molar-refractivity contribution is 5.91. The third-order valence-electron chi connectivity index (χ3n) is 5.21. The lowest BCUT2D eigenvalue weighted by molar-refractivity contribution is 0.413. The number of rotatable bonds is 3. The number of hydrogen-bond donors (Lipinski definition) is 2. The maximum Gasteiger partial charge on any atom is 0.360 e. The van der Waals surface area contributed by atoms with Crippen LogP contribution in [0.3, 0.4) is 0 Å². The Bertz CT molecular complexity index is 1080. The van der Waals surface area contributed by atoms with Crippen LogP contribution in [0.1, 0.15) is 5.56 Å². The van der Waals surface area contributed by atoms with Crippen molar-refractivity contribution in [1.29, 1.82) is 0 Å². The van der Waals surface area contributed by atoms with Crippen LogP contribution in [0.4, 0.5) is 11.4 Å². The molecule has 1 aliphatic heterocycles. The quantitative estimate of drug-likeness (QED) is 0.674. The van der Waals surface area contributed by atoms with Crippen molar-refractivity contribution in [2.75, 3.05) is 43.1 Å². The highest BCUT2D eigenvalue weighted by atomic mass is 16.5. The Morgan fingerprint density at radius 3 is 2.43 bits per heavy atom. The van der Waals surface area contributed by atoms with E-state index in [2.05, 4.69) is 4.90 Å². The Balaban J connectivity index is 1.65. The van der Waals surface area contributed by atoms with E-state index >= 15 is 0 Å². The molecular weight excluding hydrogens is 360 g/mol. The minimum atomic E-state index is -0.472. The molecule has 0 unspecified atom stereocenters. The normalized spacial score (nSPS) is 14.5. The Labute approximate surface area is 162 Å². The summed E-state index contributed by atoms with van der Waals surface area (Å²) in [4.78, 5) is 16.8. The highest BCUT2D eigenvalue weighted by Crippen LogP contribution is 2.35. The molecule has 3 aromatic rings. The zero-order valence-electron chi connectivity index (χ0n) is 15.8. The number of benzene rings is 2. The SMILES string of the molecule is COc1ccccc1N1CCN(c2c(C)c3c(O)cc(O)cc3oc2=O)CC1. The van der Waals surface area contributed by atoms with Gasteiger partial charge in [-0.3, -0.25) is 0 Å². The number of phenolic OH excluding ortho intramolecular Hbond substituents is 2. The van der Waals surface area contributed by atoms with Crippen LogP contribution >= 0.6 is 0 Å². The van der Waals surface area contributed by atoms with Crippen molar-refractivity contribution in [3.05, 3.63) is 52.4 Å². The second-order valence-corrected chi connectivity index (χ2v) is 6.85. The first-order valence-electron chi connectivity index (χ1n) is 9.12. The molecule has 0 radical (unpaired) electrons. The van der Waals surface area contributed by atoms with Gasteiger partial charge in [-0.05, 0) is 24.6 Å². The summed E-state index contributed by atoms with van der Waals surface area (Å²) in [5.41, 5.74) is 1.83. The van der Waals surface area contributed by atoms with Gasteiger partial charge in [-0.15, -0.1) is 0 Å². The fraction of sp³-hybridized carbons (Fsp3) is 0.286. The maximum absolute atomic E-state index is 12.6. The average molecular weight is 382 g/mol. The fourth-order valence-electron chi connectivity index (χ4n) is 3.89. The second-order valence-electron chi connectivity index (χ2n) is 6.85. The first kappa shape index (κ1) is 18.0. The number of phenols is 2. The molecule has 4 rings (SSSR count). The zero-order valence-corrected chi connectivity index (χ0v) is 15.8. The molecule has 1 aliphatic rings. The van der Waals surface area contributed by atoms with E-state index < -0.39 is 5.63 Å². The molecule has 2 heterocycles. The first-order chi connectivity index (χ1) is 13.5.